The SMILES string of the molecule is CCOS(=O)(=O)C(F)(F)F.CCc1[nH]c2cccc3c2c1C[C@@H]1[C@@H]3C[C@H](NC(=O)N(CC)CC)CN1C. The van der Waals surface area contributed by atoms with E-state index in [4.69, 9.17) is 0 Å². The molecular formula is C25H37F3N4O4S. The maximum Gasteiger partial charge on any atom is 0.523 e. The number of aryl methyl sites for hydroxylation is 1. The Balaban J connectivity index is 0.000000325. The summed E-state index contributed by atoms with van der Waals surface area (Å²) in [6, 6.07) is 7.47. The van der Waals surface area contributed by atoms with Gasteiger partial charge in [-0.3, -0.25) is 4.18 Å². The molecule has 2 heterocycles. The Kier molecular flexibility index (Phi) is 9.18. The molecule has 8 nitrogen and oxygen atoms in total. The van der Waals surface area contributed by atoms with Gasteiger partial charge in [-0.2, -0.15) is 21.6 Å². The van der Waals surface area contributed by atoms with Crippen LogP contribution in [0.5, 0.6) is 0 Å². The second-order valence-corrected chi connectivity index (χ2v) is 11.0. The predicted molar refractivity (Wildman–Crippen MR) is 137 cm³/mol. The number of amides is 2. The smallest absolute Gasteiger partial charge is 0.358 e. The van der Waals surface area contributed by atoms with Gasteiger partial charge in [-0.15, -0.1) is 0 Å². The summed E-state index contributed by atoms with van der Waals surface area (Å²) in [5.74, 6) is 0.474. The van der Waals surface area contributed by atoms with Crippen LogP contribution < -0.4 is 5.32 Å². The molecule has 0 spiro atoms. The molecule has 37 heavy (non-hydrogen) atoms. The predicted octanol–water partition coefficient (Wildman–Crippen LogP) is 4.37. The first kappa shape index (κ1) is 29.2. The lowest BCUT2D eigenvalue weighted by atomic mass is 9.73. The number of carbonyl (C=O) groups excluding carboxylic acids is 1. The minimum Gasteiger partial charge on any atom is -0.358 e. The molecule has 0 radical (unpaired) electrons. The number of aromatic amines is 1. The number of likely N-dealkylation sites (tertiary alicyclic amines) is 1. The number of hydrogen-bond acceptors (Lipinski definition) is 5. The van der Waals surface area contributed by atoms with Crippen LogP contribution in [0.3, 0.4) is 0 Å². The van der Waals surface area contributed by atoms with Crippen LogP contribution in [0.1, 0.15) is 56.9 Å². The van der Waals surface area contributed by atoms with Gasteiger partial charge in [-0.1, -0.05) is 19.1 Å². The van der Waals surface area contributed by atoms with Crippen molar-refractivity contribution in [1.82, 2.24) is 20.1 Å². The highest BCUT2D eigenvalue weighted by Crippen LogP contribution is 2.44. The molecule has 2 amide bonds. The standard InChI is InChI=1S/C22H32N4O.C3H5F3O3S/c1-5-18-17-12-20-16(15-9-8-10-19(24-18)21(15)17)11-14(13-25(20)4)23-22(27)26(6-2)7-3;1-2-9-10(7,8)3(4,5)6/h8-10,14,16,20,24H,5-7,11-13H2,1-4H3,(H,23,27);2H2,1H3/t14-,16+,20+;/m0./s1. The molecule has 1 saturated heterocycles. The quantitative estimate of drug-likeness (QED) is 0.415. The highest BCUT2D eigenvalue weighted by atomic mass is 32.2. The van der Waals surface area contributed by atoms with Gasteiger partial charge in [0.25, 0.3) is 0 Å². The van der Waals surface area contributed by atoms with Crippen molar-refractivity contribution < 1.29 is 30.6 Å². The van der Waals surface area contributed by atoms with E-state index < -0.39 is 22.2 Å². The van der Waals surface area contributed by atoms with Gasteiger partial charge in [0.1, 0.15) is 0 Å². The molecule has 12 heteroatoms. The van der Waals surface area contributed by atoms with Gasteiger partial charge < -0.3 is 20.1 Å². The number of carbonyl (C=O) groups is 1. The molecule has 0 bridgehead atoms. The fourth-order valence-electron chi connectivity index (χ4n) is 5.51. The minimum absolute atomic E-state index is 0.0708. The summed E-state index contributed by atoms with van der Waals surface area (Å²) in [6.45, 7) is 9.37. The number of hydrogen-bond donors (Lipinski definition) is 2. The molecule has 0 unspecified atom stereocenters. The Labute approximate surface area is 216 Å². The zero-order valence-electron chi connectivity index (χ0n) is 22.0. The second-order valence-electron chi connectivity index (χ2n) is 9.38. The summed E-state index contributed by atoms with van der Waals surface area (Å²) in [7, 11) is -3.13. The van der Waals surface area contributed by atoms with E-state index in [0.29, 0.717) is 12.0 Å². The maximum absolute atomic E-state index is 12.6. The molecule has 1 aliphatic carbocycles. The summed E-state index contributed by atoms with van der Waals surface area (Å²) < 4.78 is 57.2. The Bertz CT molecular complexity index is 1190. The van der Waals surface area contributed by atoms with E-state index in [1.165, 1.54) is 27.7 Å². The number of piperidine rings is 1. The van der Waals surface area contributed by atoms with E-state index in [1.807, 2.05) is 18.7 Å². The van der Waals surface area contributed by atoms with Crippen molar-refractivity contribution in [2.45, 2.75) is 70.5 Å². The van der Waals surface area contributed by atoms with Crippen molar-refractivity contribution in [3.63, 3.8) is 0 Å². The first-order chi connectivity index (χ1) is 17.4. The minimum atomic E-state index is -5.35. The Hall–Kier alpha value is -2.31. The third-order valence-corrected chi connectivity index (χ3v) is 8.34. The average molecular weight is 547 g/mol. The summed E-state index contributed by atoms with van der Waals surface area (Å²) in [6.07, 6.45) is 3.18. The fourth-order valence-corrected chi connectivity index (χ4v) is 5.95. The van der Waals surface area contributed by atoms with Crippen LogP contribution >= 0.6 is 0 Å². The lowest BCUT2D eigenvalue weighted by molar-refractivity contribution is -0.0539. The lowest BCUT2D eigenvalue weighted by Crippen LogP contribution is -2.56. The van der Waals surface area contributed by atoms with Crippen LogP contribution in [0.2, 0.25) is 0 Å². The third-order valence-electron chi connectivity index (χ3n) is 7.23. The molecule has 1 aromatic heterocycles. The second kappa shape index (κ2) is 11.6. The molecule has 2 aromatic rings. The first-order valence-electron chi connectivity index (χ1n) is 12.7. The van der Waals surface area contributed by atoms with E-state index in [0.717, 1.165) is 45.8 Å². The van der Waals surface area contributed by atoms with Crippen molar-refractivity contribution in [2.75, 3.05) is 33.3 Å². The summed E-state index contributed by atoms with van der Waals surface area (Å²) in [4.78, 5) is 20.5. The zero-order chi connectivity index (χ0) is 27.5. The van der Waals surface area contributed by atoms with Gasteiger partial charge >= 0.3 is 21.7 Å². The highest BCUT2D eigenvalue weighted by molar-refractivity contribution is 7.87. The van der Waals surface area contributed by atoms with E-state index >= 15 is 0 Å². The van der Waals surface area contributed by atoms with Crippen LogP contribution in [0, 0.1) is 0 Å². The highest BCUT2D eigenvalue weighted by Gasteiger charge is 2.47. The molecule has 1 aliphatic heterocycles. The van der Waals surface area contributed by atoms with Crippen LogP contribution in [-0.4, -0.2) is 80.1 Å². The molecule has 208 valence electrons. The van der Waals surface area contributed by atoms with Crippen LogP contribution in [0.15, 0.2) is 18.2 Å². The molecule has 3 atom stereocenters. The lowest BCUT2D eigenvalue weighted by Gasteiger charge is -2.46. The van der Waals surface area contributed by atoms with E-state index in [-0.39, 0.29) is 12.1 Å². The number of rotatable bonds is 6. The summed E-state index contributed by atoms with van der Waals surface area (Å²) in [5, 5.41) is 4.74. The molecule has 2 N–H and O–H groups in total. The van der Waals surface area contributed by atoms with Crippen molar-refractivity contribution in [2.24, 2.45) is 0 Å². The third kappa shape index (κ3) is 6.06. The molecule has 4 rings (SSSR count). The number of urea groups is 1. The molecule has 1 fully saturated rings. The van der Waals surface area contributed by atoms with Crippen LogP contribution in [0.25, 0.3) is 10.9 Å². The van der Waals surface area contributed by atoms with E-state index in [9.17, 15) is 26.4 Å². The number of nitrogens with one attached hydrogen (secondary N) is 2. The molecule has 0 saturated carbocycles. The number of aromatic nitrogens is 1. The van der Waals surface area contributed by atoms with Crippen molar-refractivity contribution in [3.05, 3.63) is 35.0 Å². The van der Waals surface area contributed by atoms with Crippen molar-refractivity contribution >= 4 is 27.1 Å². The van der Waals surface area contributed by atoms with E-state index in [2.05, 4.69) is 51.6 Å². The summed E-state index contributed by atoms with van der Waals surface area (Å²) in [5.41, 5.74) is 0.337. The average Bonchev–Trinajstić information content (AvgIpc) is 3.19. The number of fused-ring (bicyclic) bond motifs is 2. The van der Waals surface area contributed by atoms with Gasteiger partial charge in [-0.25, -0.2) is 4.79 Å². The van der Waals surface area contributed by atoms with Crippen molar-refractivity contribution in [3.8, 4) is 0 Å². The fraction of sp³-hybridized carbons (Fsp3) is 0.640. The Morgan fingerprint density at radius 1 is 1.22 bits per heavy atom. The number of alkyl halides is 3. The van der Waals surface area contributed by atoms with Gasteiger partial charge in [0.05, 0.1) is 6.61 Å². The molecule has 2 aliphatic rings. The Morgan fingerprint density at radius 2 is 1.89 bits per heavy atom. The van der Waals surface area contributed by atoms with Gasteiger partial charge in [0.2, 0.25) is 0 Å². The van der Waals surface area contributed by atoms with Gasteiger partial charge in [0.15, 0.2) is 0 Å². The van der Waals surface area contributed by atoms with Crippen LogP contribution in [-0.2, 0) is 27.1 Å². The normalized spacial score (nSPS) is 21.7. The van der Waals surface area contributed by atoms with E-state index in [1.54, 1.807) is 0 Å². The first-order valence-corrected chi connectivity index (χ1v) is 14.1. The monoisotopic (exact) mass is 546 g/mol. The Morgan fingerprint density at radius 3 is 2.43 bits per heavy atom. The van der Waals surface area contributed by atoms with Gasteiger partial charge in [0, 0.05) is 54.2 Å². The summed E-state index contributed by atoms with van der Waals surface area (Å²) >= 11 is 0. The maximum atomic E-state index is 12.6. The van der Waals surface area contributed by atoms with Gasteiger partial charge in [-0.05, 0) is 64.3 Å². The van der Waals surface area contributed by atoms with Crippen molar-refractivity contribution in [1.29, 1.82) is 0 Å². The molecular weight excluding hydrogens is 509 g/mol. The molecule has 1 aromatic carbocycles. The number of likely N-dealkylation sites (N-methyl/N-ethyl adjacent to an activating group) is 1. The number of H-pyrrole nitrogens is 1. The zero-order valence-corrected chi connectivity index (χ0v) is 22.8. The number of halogens is 3. The topological polar surface area (TPSA) is 94.7 Å². The largest absolute Gasteiger partial charge is 0.523 e. The number of nitrogens with zero attached hydrogens (tertiary/aromatic N) is 2. The number of benzene rings is 1. The van der Waals surface area contributed by atoms with Crippen LogP contribution in [0.4, 0.5) is 18.0 Å².